The van der Waals surface area contributed by atoms with Gasteiger partial charge >= 0.3 is 0 Å². The quantitative estimate of drug-likeness (QED) is 0.178. The molecule has 9 rings (SSSR count). The summed E-state index contributed by atoms with van der Waals surface area (Å²) in [5.41, 5.74) is 8.88. The predicted molar refractivity (Wildman–Crippen MR) is 208 cm³/mol. The lowest BCUT2D eigenvalue weighted by Gasteiger charge is -2.28. The Labute approximate surface area is 295 Å². The first-order valence-electron chi connectivity index (χ1n) is 17.0. The van der Waals surface area contributed by atoms with E-state index in [0.717, 1.165) is 90.5 Å². The molecule has 5 heteroatoms. The smallest absolute Gasteiger partial charge is 0.136 e. The Balaban J connectivity index is 1.15. The number of hydrogen-bond donors (Lipinski definition) is 0. The largest absolute Gasteiger partial charge is 0.456 e. The maximum absolute atomic E-state index is 9.62. The van der Waals surface area contributed by atoms with E-state index in [4.69, 9.17) is 4.42 Å². The van der Waals surface area contributed by atoms with Gasteiger partial charge in [-0.2, -0.15) is 10.5 Å². The number of anilines is 5. The van der Waals surface area contributed by atoms with Crippen LogP contribution in [0.15, 0.2) is 168 Å². The van der Waals surface area contributed by atoms with E-state index >= 15 is 0 Å². The van der Waals surface area contributed by atoms with E-state index in [1.165, 1.54) is 0 Å². The van der Waals surface area contributed by atoms with Crippen molar-refractivity contribution in [1.82, 2.24) is 0 Å². The molecule has 0 saturated carbocycles. The zero-order valence-corrected chi connectivity index (χ0v) is 27.6. The van der Waals surface area contributed by atoms with Crippen molar-refractivity contribution in [1.29, 1.82) is 10.5 Å². The molecule has 0 aliphatic heterocycles. The molecule has 51 heavy (non-hydrogen) atoms. The minimum absolute atomic E-state index is 0.613. The molecule has 0 amide bonds. The van der Waals surface area contributed by atoms with Crippen molar-refractivity contribution in [2.45, 2.75) is 12.8 Å². The molecule has 0 radical (unpaired) electrons. The van der Waals surface area contributed by atoms with Crippen molar-refractivity contribution in [2.75, 3.05) is 9.80 Å². The molecule has 0 atom stereocenters. The SMILES string of the molecule is N#Cc1cccc(N(C2=CCCC=C2)c2ccc3cc4c(cc3c2)oc2cc3cc(N(c5ccccc5)c5cccc(C#N)c5)ccc3cc24)c1. The molecule has 1 aromatic heterocycles. The summed E-state index contributed by atoms with van der Waals surface area (Å²) in [7, 11) is 0. The topological polar surface area (TPSA) is 67.2 Å². The van der Waals surface area contributed by atoms with Gasteiger partial charge in [-0.25, -0.2) is 0 Å². The normalized spacial score (nSPS) is 12.5. The van der Waals surface area contributed by atoms with Crippen molar-refractivity contribution in [2.24, 2.45) is 0 Å². The second kappa shape index (κ2) is 12.4. The van der Waals surface area contributed by atoms with Crippen molar-refractivity contribution in [3.05, 3.63) is 175 Å². The number of hydrogen-bond acceptors (Lipinski definition) is 5. The van der Waals surface area contributed by atoms with Crippen LogP contribution in [0.3, 0.4) is 0 Å². The molecule has 240 valence electrons. The lowest BCUT2D eigenvalue weighted by atomic mass is 10.0. The molecule has 7 aromatic carbocycles. The van der Waals surface area contributed by atoms with Crippen LogP contribution in [0.2, 0.25) is 0 Å². The van der Waals surface area contributed by atoms with Crippen molar-refractivity contribution >= 4 is 71.9 Å². The Morgan fingerprint density at radius 3 is 1.59 bits per heavy atom. The van der Waals surface area contributed by atoms with E-state index in [-0.39, 0.29) is 0 Å². The number of para-hydroxylation sites is 1. The molecular formula is C46H30N4O. The number of rotatable bonds is 6. The maximum atomic E-state index is 9.62. The number of nitrogens with zero attached hydrogens (tertiary/aromatic N) is 4. The zero-order valence-electron chi connectivity index (χ0n) is 27.6. The highest BCUT2D eigenvalue weighted by Crippen LogP contribution is 2.40. The van der Waals surface area contributed by atoms with Crippen molar-refractivity contribution in [3.8, 4) is 12.1 Å². The van der Waals surface area contributed by atoms with Crippen LogP contribution in [0.4, 0.5) is 28.4 Å². The number of fused-ring (bicyclic) bond motifs is 5. The van der Waals surface area contributed by atoms with Gasteiger partial charge in [0.15, 0.2) is 0 Å². The molecule has 0 unspecified atom stereocenters. The predicted octanol–water partition coefficient (Wildman–Crippen LogP) is 12.5. The highest BCUT2D eigenvalue weighted by atomic mass is 16.3. The Morgan fingerprint density at radius 1 is 0.471 bits per heavy atom. The van der Waals surface area contributed by atoms with Gasteiger partial charge in [-0.1, -0.05) is 54.6 Å². The zero-order chi connectivity index (χ0) is 34.3. The van der Waals surface area contributed by atoms with Gasteiger partial charge in [-0.3, -0.25) is 0 Å². The molecule has 5 nitrogen and oxygen atoms in total. The lowest BCUT2D eigenvalue weighted by molar-refractivity contribution is 0.670. The Hall–Kier alpha value is -7.08. The first kappa shape index (κ1) is 30.0. The van der Waals surface area contributed by atoms with Crippen LogP contribution in [0.1, 0.15) is 24.0 Å². The van der Waals surface area contributed by atoms with Crippen LogP contribution in [-0.2, 0) is 0 Å². The number of nitriles is 2. The average molecular weight is 655 g/mol. The number of furan rings is 1. The van der Waals surface area contributed by atoms with E-state index in [2.05, 4.69) is 119 Å². The van der Waals surface area contributed by atoms with E-state index in [0.29, 0.717) is 11.1 Å². The molecule has 0 fully saturated rings. The molecule has 0 spiro atoms. The number of benzene rings is 7. The van der Waals surface area contributed by atoms with Crippen LogP contribution in [0.25, 0.3) is 43.5 Å². The fraction of sp³-hybridized carbons (Fsp3) is 0.0435. The highest BCUT2D eigenvalue weighted by molar-refractivity contribution is 6.14. The first-order valence-corrected chi connectivity index (χ1v) is 17.0. The summed E-state index contributed by atoms with van der Waals surface area (Å²) in [5.74, 6) is 0. The van der Waals surface area contributed by atoms with Gasteiger partial charge < -0.3 is 14.2 Å². The molecule has 1 aliphatic rings. The Bertz CT molecular complexity index is 2800. The summed E-state index contributed by atoms with van der Waals surface area (Å²) in [5, 5.41) is 25.8. The minimum atomic E-state index is 0.613. The second-order valence-corrected chi connectivity index (χ2v) is 12.8. The number of allylic oxidation sites excluding steroid dienone is 3. The summed E-state index contributed by atoms with van der Waals surface area (Å²) in [6.45, 7) is 0. The Kier molecular flexibility index (Phi) is 7.31. The molecular weight excluding hydrogens is 625 g/mol. The lowest BCUT2D eigenvalue weighted by Crippen LogP contribution is -2.16. The molecule has 0 saturated heterocycles. The Morgan fingerprint density at radius 2 is 1.02 bits per heavy atom. The molecule has 0 bridgehead atoms. The van der Waals surface area contributed by atoms with Crippen LogP contribution in [-0.4, -0.2) is 0 Å². The second-order valence-electron chi connectivity index (χ2n) is 12.8. The van der Waals surface area contributed by atoms with Crippen LogP contribution < -0.4 is 9.80 Å². The minimum Gasteiger partial charge on any atom is -0.456 e. The fourth-order valence-corrected chi connectivity index (χ4v) is 7.18. The van der Waals surface area contributed by atoms with E-state index < -0.39 is 0 Å². The molecule has 1 aliphatic carbocycles. The third-order valence-electron chi connectivity index (χ3n) is 9.59. The van der Waals surface area contributed by atoms with Crippen LogP contribution in [0, 0.1) is 22.7 Å². The summed E-state index contributed by atoms with van der Waals surface area (Å²) in [6.07, 6.45) is 8.61. The molecule has 0 N–H and O–H groups in total. The third-order valence-corrected chi connectivity index (χ3v) is 9.59. The summed E-state index contributed by atoms with van der Waals surface area (Å²) >= 11 is 0. The van der Waals surface area contributed by atoms with Gasteiger partial charge in [-0.05, 0) is 138 Å². The molecule has 1 heterocycles. The van der Waals surface area contributed by atoms with E-state index in [9.17, 15) is 10.5 Å². The van der Waals surface area contributed by atoms with Crippen LogP contribution >= 0.6 is 0 Å². The monoisotopic (exact) mass is 654 g/mol. The van der Waals surface area contributed by atoms with Gasteiger partial charge in [0.1, 0.15) is 11.2 Å². The van der Waals surface area contributed by atoms with Crippen molar-refractivity contribution < 1.29 is 4.42 Å². The third kappa shape index (κ3) is 5.44. The maximum Gasteiger partial charge on any atom is 0.136 e. The standard InChI is InChI=1S/C46H30N4O/c47-29-31-9-7-15-39(21-31)49(37-11-3-1-4-12-37)41-19-17-33-25-43-44-26-34-18-20-42(24-36(34)28-46(44)51-45(43)27-35(33)23-41)50(38-13-5-2-6-14-38)40-16-8-10-32(22-40)30-48/h1,3-5,7-28H,2,6H2. The van der Waals surface area contributed by atoms with Gasteiger partial charge in [0.25, 0.3) is 0 Å². The van der Waals surface area contributed by atoms with Crippen LogP contribution in [0.5, 0.6) is 0 Å². The van der Waals surface area contributed by atoms with E-state index in [1.807, 2.05) is 60.7 Å². The van der Waals surface area contributed by atoms with Gasteiger partial charge in [0.05, 0.1) is 23.3 Å². The fourth-order valence-electron chi connectivity index (χ4n) is 7.18. The summed E-state index contributed by atoms with van der Waals surface area (Å²) in [4.78, 5) is 4.39. The van der Waals surface area contributed by atoms with Gasteiger partial charge in [0.2, 0.25) is 0 Å². The molecule has 8 aromatic rings. The summed E-state index contributed by atoms with van der Waals surface area (Å²) < 4.78 is 6.58. The van der Waals surface area contributed by atoms with Crippen molar-refractivity contribution in [3.63, 3.8) is 0 Å². The average Bonchev–Trinajstić information content (AvgIpc) is 3.53. The first-order chi connectivity index (χ1) is 25.1. The summed E-state index contributed by atoms with van der Waals surface area (Å²) in [6, 6.07) is 51.9. The highest BCUT2D eigenvalue weighted by Gasteiger charge is 2.18. The van der Waals surface area contributed by atoms with E-state index in [1.54, 1.807) is 0 Å². The van der Waals surface area contributed by atoms with Gasteiger partial charge in [-0.15, -0.1) is 0 Å². The van der Waals surface area contributed by atoms with Gasteiger partial charge in [0, 0.05) is 44.9 Å².